The van der Waals surface area contributed by atoms with Crippen molar-refractivity contribution in [2.45, 2.75) is 25.8 Å². The molecule has 0 bridgehead atoms. The highest BCUT2D eigenvalue weighted by Gasteiger charge is 2.13. The lowest BCUT2D eigenvalue weighted by Crippen LogP contribution is -2.26. The van der Waals surface area contributed by atoms with Gasteiger partial charge in [0.2, 0.25) is 0 Å². The summed E-state index contributed by atoms with van der Waals surface area (Å²) in [5.41, 5.74) is 5.54. The predicted molar refractivity (Wildman–Crippen MR) is 53.3 cm³/mol. The number of hydrogen-bond donors (Lipinski definition) is 1. The van der Waals surface area contributed by atoms with Gasteiger partial charge in [-0.1, -0.05) is 0 Å². The second-order valence-corrected chi connectivity index (χ2v) is 3.73. The van der Waals surface area contributed by atoms with Crippen molar-refractivity contribution in [3.05, 3.63) is 35.1 Å². The minimum absolute atomic E-state index is 0.00259. The van der Waals surface area contributed by atoms with E-state index in [9.17, 15) is 18.0 Å². The van der Waals surface area contributed by atoms with Crippen LogP contribution in [0.1, 0.15) is 18.9 Å². The van der Waals surface area contributed by atoms with Crippen LogP contribution in [0.5, 0.6) is 0 Å². The van der Waals surface area contributed by atoms with Gasteiger partial charge >= 0.3 is 0 Å². The van der Waals surface area contributed by atoms with Gasteiger partial charge in [-0.25, -0.2) is 13.2 Å². The van der Waals surface area contributed by atoms with Crippen LogP contribution < -0.4 is 5.73 Å². The van der Waals surface area contributed by atoms with Crippen LogP contribution in [0.15, 0.2) is 12.1 Å². The molecule has 0 saturated heterocycles. The average Bonchev–Trinajstić information content (AvgIpc) is 2.12. The second kappa shape index (κ2) is 5.12. The Balaban J connectivity index is 2.81. The Hall–Kier alpha value is -1.36. The standard InChI is InChI=1S/C11H12F3NO/c1-6(16)2-8(15)3-7-4-10(13)11(14)5-9(7)12/h4-5,8H,2-3,15H2,1H3/t8-/m0/s1. The first-order valence-corrected chi connectivity index (χ1v) is 4.78. The van der Waals surface area contributed by atoms with Crippen LogP contribution in [0.4, 0.5) is 13.2 Å². The molecule has 1 atom stereocenters. The smallest absolute Gasteiger partial charge is 0.161 e. The molecule has 1 rings (SSSR count). The minimum atomic E-state index is -1.23. The van der Waals surface area contributed by atoms with E-state index in [-0.39, 0.29) is 24.2 Å². The predicted octanol–water partition coefficient (Wildman–Crippen LogP) is 1.95. The van der Waals surface area contributed by atoms with Crippen molar-refractivity contribution >= 4 is 5.78 Å². The third kappa shape index (κ3) is 3.34. The molecule has 0 amide bonds. The molecule has 5 heteroatoms. The Kier molecular flexibility index (Phi) is 4.06. The van der Waals surface area contributed by atoms with E-state index < -0.39 is 23.5 Å². The van der Waals surface area contributed by atoms with Gasteiger partial charge in [0, 0.05) is 18.5 Å². The van der Waals surface area contributed by atoms with E-state index in [0.717, 1.165) is 6.07 Å². The van der Waals surface area contributed by atoms with E-state index in [1.54, 1.807) is 0 Å². The maximum absolute atomic E-state index is 13.2. The number of Topliss-reactive ketones (excluding diaryl/α,β-unsaturated/α-hetero) is 1. The average molecular weight is 231 g/mol. The van der Waals surface area contributed by atoms with Crippen molar-refractivity contribution < 1.29 is 18.0 Å². The normalized spacial score (nSPS) is 12.6. The summed E-state index contributed by atoms with van der Waals surface area (Å²) < 4.78 is 38.6. The Morgan fingerprint density at radius 1 is 1.25 bits per heavy atom. The first-order valence-electron chi connectivity index (χ1n) is 4.78. The molecule has 0 aromatic heterocycles. The molecule has 0 aliphatic carbocycles. The topological polar surface area (TPSA) is 43.1 Å². The fourth-order valence-electron chi connectivity index (χ4n) is 1.44. The van der Waals surface area contributed by atoms with Crippen molar-refractivity contribution in [3.8, 4) is 0 Å². The van der Waals surface area contributed by atoms with Crippen molar-refractivity contribution in [3.63, 3.8) is 0 Å². The summed E-state index contributed by atoms with van der Waals surface area (Å²) in [6.07, 6.45) is 0.0844. The third-order valence-corrected chi connectivity index (χ3v) is 2.12. The summed E-state index contributed by atoms with van der Waals surface area (Å²) in [7, 11) is 0. The fourth-order valence-corrected chi connectivity index (χ4v) is 1.44. The van der Waals surface area contributed by atoms with Gasteiger partial charge in [-0.05, 0) is 25.0 Å². The monoisotopic (exact) mass is 231 g/mol. The number of carbonyl (C=O) groups is 1. The van der Waals surface area contributed by atoms with Gasteiger partial charge in [-0.2, -0.15) is 0 Å². The molecule has 0 heterocycles. The number of nitrogens with two attached hydrogens (primary N) is 1. The lowest BCUT2D eigenvalue weighted by atomic mass is 10.0. The first kappa shape index (κ1) is 12.7. The summed E-state index contributed by atoms with van der Waals surface area (Å²) in [4.78, 5) is 10.7. The van der Waals surface area contributed by atoms with E-state index >= 15 is 0 Å². The SMILES string of the molecule is CC(=O)C[C@H](N)Cc1cc(F)c(F)cc1F. The highest BCUT2D eigenvalue weighted by atomic mass is 19.2. The quantitative estimate of drug-likeness (QED) is 0.805. The van der Waals surface area contributed by atoms with Gasteiger partial charge < -0.3 is 5.73 Å². The minimum Gasteiger partial charge on any atom is -0.327 e. The van der Waals surface area contributed by atoms with Crippen LogP contribution in [-0.4, -0.2) is 11.8 Å². The van der Waals surface area contributed by atoms with Crippen LogP contribution in [0, 0.1) is 17.5 Å². The zero-order chi connectivity index (χ0) is 12.3. The van der Waals surface area contributed by atoms with Crippen molar-refractivity contribution in [2.24, 2.45) is 5.73 Å². The summed E-state index contributed by atoms with van der Waals surface area (Å²) in [6, 6.07) is 0.660. The van der Waals surface area contributed by atoms with Crippen LogP contribution in [0.25, 0.3) is 0 Å². The molecule has 0 radical (unpaired) electrons. The second-order valence-electron chi connectivity index (χ2n) is 3.73. The lowest BCUT2D eigenvalue weighted by molar-refractivity contribution is -0.117. The lowest BCUT2D eigenvalue weighted by Gasteiger charge is -2.10. The van der Waals surface area contributed by atoms with E-state index in [0.29, 0.717) is 6.07 Å². The summed E-state index contributed by atoms with van der Waals surface area (Å²) in [5.74, 6) is -3.33. The van der Waals surface area contributed by atoms with Crippen LogP contribution >= 0.6 is 0 Å². The number of rotatable bonds is 4. The molecular formula is C11H12F3NO. The molecule has 16 heavy (non-hydrogen) atoms. The third-order valence-electron chi connectivity index (χ3n) is 2.12. The molecule has 0 aliphatic heterocycles. The highest BCUT2D eigenvalue weighted by molar-refractivity contribution is 5.76. The van der Waals surface area contributed by atoms with Gasteiger partial charge in [0.1, 0.15) is 11.6 Å². The Morgan fingerprint density at radius 3 is 2.38 bits per heavy atom. The molecule has 1 aromatic rings. The first-order chi connectivity index (χ1) is 7.40. The molecule has 0 spiro atoms. The Morgan fingerprint density at radius 2 is 1.81 bits per heavy atom. The molecule has 0 saturated carbocycles. The molecule has 88 valence electrons. The molecule has 0 unspecified atom stereocenters. The number of halogens is 3. The number of hydrogen-bond acceptors (Lipinski definition) is 2. The van der Waals surface area contributed by atoms with E-state index in [1.807, 2.05) is 0 Å². The molecule has 0 fully saturated rings. The zero-order valence-corrected chi connectivity index (χ0v) is 8.77. The van der Waals surface area contributed by atoms with E-state index in [4.69, 9.17) is 5.73 Å². The van der Waals surface area contributed by atoms with Crippen LogP contribution in [-0.2, 0) is 11.2 Å². The van der Waals surface area contributed by atoms with E-state index in [1.165, 1.54) is 6.92 Å². The van der Waals surface area contributed by atoms with Crippen molar-refractivity contribution in [2.75, 3.05) is 0 Å². The van der Waals surface area contributed by atoms with Crippen molar-refractivity contribution in [1.29, 1.82) is 0 Å². The van der Waals surface area contributed by atoms with Gasteiger partial charge in [0.05, 0.1) is 0 Å². The Labute approximate surface area is 91.3 Å². The maximum atomic E-state index is 13.2. The molecular weight excluding hydrogens is 219 g/mol. The van der Waals surface area contributed by atoms with Crippen LogP contribution in [0.3, 0.4) is 0 Å². The number of benzene rings is 1. The van der Waals surface area contributed by atoms with Crippen molar-refractivity contribution in [1.82, 2.24) is 0 Å². The summed E-state index contributed by atoms with van der Waals surface area (Å²) in [5, 5.41) is 0. The molecule has 2 N–H and O–H groups in total. The Bertz CT molecular complexity index is 406. The van der Waals surface area contributed by atoms with Crippen LogP contribution in [0.2, 0.25) is 0 Å². The summed E-state index contributed by atoms with van der Waals surface area (Å²) in [6.45, 7) is 1.36. The number of ketones is 1. The largest absolute Gasteiger partial charge is 0.327 e. The number of carbonyl (C=O) groups excluding carboxylic acids is 1. The van der Waals surface area contributed by atoms with Gasteiger partial charge in [-0.3, -0.25) is 4.79 Å². The maximum Gasteiger partial charge on any atom is 0.161 e. The van der Waals surface area contributed by atoms with Gasteiger partial charge in [0.25, 0.3) is 0 Å². The molecule has 1 aromatic carbocycles. The summed E-state index contributed by atoms with van der Waals surface area (Å²) >= 11 is 0. The molecule has 2 nitrogen and oxygen atoms in total. The zero-order valence-electron chi connectivity index (χ0n) is 8.77. The fraction of sp³-hybridized carbons (Fsp3) is 0.364. The highest BCUT2D eigenvalue weighted by Crippen LogP contribution is 2.15. The molecule has 0 aliphatic rings. The van der Waals surface area contributed by atoms with Gasteiger partial charge in [0.15, 0.2) is 11.6 Å². The van der Waals surface area contributed by atoms with Gasteiger partial charge in [-0.15, -0.1) is 0 Å². The van der Waals surface area contributed by atoms with E-state index in [2.05, 4.69) is 0 Å².